The van der Waals surface area contributed by atoms with E-state index in [1.165, 1.54) is 12.1 Å². The van der Waals surface area contributed by atoms with Gasteiger partial charge in [-0.2, -0.15) is 18.4 Å². The molecule has 0 bridgehead atoms. The molecular weight excluding hydrogens is 291 g/mol. The molecule has 0 unspecified atom stereocenters. The average molecular weight is 303 g/mol. The molecule has 0 amide bonds. The van der Waals surface area contributed by atoms with Crippen LogP contribution in [0.25, 0.3) is 11.1 Å². The summed E-state index contributed by atoms with van der Waals surface area (Å²) in [5.41, 5.74) is 0.719. The molecule has 0 fully saturated rings. The van der Waals surface area contributed by atoms with E-state index < -0.39 is 11.7 Å². The van der Waals surface area contributed by atoms with E-state index in [1.54, 1.807) is 12.1 Å². The van der Waals surface area contributed by atoms with E-state index in [-0.39, 0.29) is 11.1 Å². The molecule has 1 aliphatic heterocycles. The van der Waals surface area contributed by atoms with E-state index >= 15 is 0 Å². The molecule has 0 aliphatic carbocycles. The second-order valence-electron chi connectivity index (χ2n) is 5.12. The summed E-state index contributed by atoms with van der Waals surface area (Å²) in [5, 5.41) is 8.98. The lowest BCUT2D eigenvalue weighted by Gasteiger charge is -2.22. The van der Waals surface area contributed by atoms with Crippen molar-refractivity contribution in [3.63, 3.8) is 0 Å². The third-order valence-electron chi connectivity index (χ3n) is 3.68. The molecule has 3 rings (SSSR count). The molecule has 1 heterocycles. The van der Waals surface area contributed by atoms with E-state index in [9.17, 15) is 13.2 Å². The Kier molecular flexibility index (Phi) is 3.53. The van der Waals surface area contributed by atoms with Gasteiger partial charge in [0.1, 0.15) is 5.75 Å². The number of hydrogen-bond donors (Lipinski definition) is 0. The SMILES string of the molecule is N#Cc1ccc(C(F)(F)F)c(-c2cccc3c2OCCC3)c1. The predicted molar refractivity (Wildman–Crippen MR) is 75.4 cm³/mol. The van der Waals surface area contributed by atoms with Crippen LogP contribution in [0.5, 0.6) is 5.75 Å². The molecular formula is C17H12F3NO. The Morgan fingerprint density at radius 3 is 2.64 bits per heavy atom. The largest absolute Gasteiger partial charge is 0.493 e. The van der Waals surface area contributed by atoms with Gasteiger partial charge in [-0.15, -0.1) is 0 Å². The Labute approximate surface area is 125 Å². The fourth-order valence-corrected chi connectivity index (χ4v) is 2.68. The lowest BCUT2D eigenvalue weighted by molar-refractivity contribution is -0.137. The number of aryl methyl sites for hydroxylation is 1. The summed E-state index contributed by atoms with van der Waals surface area (Å²) in [6.45, 7) is 0.489. The van der Waals surface area contributed by atoms with Crippen LogP contribution in [0, 0.1) is 11.3 Å². The fourth-order valence-electron chi connectivity index (χ4n) is 2.68. The summed E-state index contributed by atoms with van der Waals surface area (Å²) in [7, 11) is 0. The second kappa shape index (κ2) is 5.38. The zero-order valence-electron chi connectivity index (χ0n) is 11.6. The van der Waals surface area contributed by atoms with Gasteiger partial charge in [0.2, 0.25) is 0 Å². The summed E-state index contributed by atoms with van der Waals surface area (Å²) in [5.74, 6) is 0.495. The average Bonchev–Trinajstić information content (AvgIpc) is 2.53. The first-order valence-corrected chi connectivity index (χ1v) is 6.87. The van der Waals surface area contributed by atoms with Gasteiger partial charge in [-0.1, -0.05) is 18.2 Å². The maximum absolute atomic E-state index is 13.3. The molecule has 2 aromatic rings. The van der Waals surface area contributed by atoms with Gasteiger partial charge < -0.3 is 4.74 Å². The van der Waals surface area contributed by atoms with Crippen molar-refractivity contribution in [3.8, 4) is 22.9 Å². The number of ether oxygens (including phenoxy) is 1. The number of hydrogen-bond acceptors (Lipinski definition) is 2. The minimum Gasteiger partial charge on any atom is -0.493 e. The van der Waals surface area contributed by atoms with E-state index in [2.05, 4.69) is 0 Å². The molecule has 22 heavy (non-hydrogen) atoms. The molecule has 2 aromatic carbocycles. The van der Waals surface area contributed by atoms with Crippen molar-refractivity contribution in [2.45, 2.75) is 19.0 Å². The highest BCUT2D eigenvalue weighted by molar-refractivity contribution is 5.76. The smallest absolute Gasteiger partial charge is 0.417 e. The Morgan fingerprint density at radius 1 is 1.09 bits per heavy atom. The van der Waals surface area contributed by atoms with Gasteiger partial charge in [0.05, 0.1) is 23.8 Å². The first kappa shape index (κ1) is 14.5. The normalized spacial score (nSPS) is 13.9. The van der Waals surface area contributed by atoms with E-state index in [1.807, 2.05) is 12.1 Å². The van der Waals surface area contributed by atoms with Crippen LogP contribution in [0.2, 0.25) is 0 Å². The maximum atomic E-state index is 13.3. The molecule has 0 saturated heterocycles. The zero-order chi connectivity index (χ0) is 15.7. The number of alkyl halides is 3. The Bertz CT molecular complexity index is 759. The molecule has 0 N–H and O–H groups in total. The molecule has 1 aliphatic rings. The van der Waals surface area contributed by atoms with Crippen LogP contribution in [0.1, 0.15) is 23.1 Å². The quantitative estimate of drug-likeness (QED) is 0.773. The third-order valence-corrected chi connectivity index (χ3v) is 3.68. The minimum absolute atomic E-state index is 0.00898. The van der Waals surface area contributed by atoms with Crippen molar-refractivity contribution in [1.82, 2.24) is 0 Å². The standard InChI is InChI=1S/C17H12F3NO/c18-17(19,20)15-7-6-11(10-21)9-14(15)13-5-1-3-12-4-2-8-22-16(12)13/h1,3,5-7,9H,2,4,8H2. The number of rotatable bonds is 1. The van der Waals surface area contributed by atoms with Gasteiger partial charge in [0.15, 0.2) is 0 Å². The van der Waals surface area contributed by atoms with Crippen molar-refractivity contribution >= 4 is 0 Å². The topological polar surface area (TPSA) is 33.0 Å². The third kappa shape index (κ3) is 2.52. The first-order chi connectivity index (χ1) is 10.5. The zero-order valence-corrected chi connectivity index (χ0v) is 11.6. The summed E-state index contributed by atoms with van der Waals surface area (Å²) >= 11 is 0. The van der Waals surface area contributed by atoms with Crippen LogP contribution < -0.4 is 4.74 Å². The lowest BCUT2D eigenvalue weighted by atomic mass is 9.93. The minimum atomic E-state index is -4.49. The summed E-state index contributed by atoms with van der Waals surface area (Å²) in [6, 6.07) is 10.5. The Balaban J connectivity index is 2.26. The predicted octanol–water partition coefficient (Wildman–Crippen LogP) is 4.57. The van der Waals surface area contributed by atoms with E-state index in [0.29, 0.717) is 17.9 Å². The van der Waals surface area contributed by atoms with Gasteiger partial charge in [0.25, 0.3) is 0 Å². The lowest BCUT2D eigenvalue weighted by Crippen LogP contribution is -2.11. The summed E-state index contributed by atoms with van der Waals surface area (Å²) < 4.78 is 45.4. The number of nitrogens with zero attached hydrogens (tertiary/aromatic N) is 1. The van der Waals surface area contributed by atoms with Crippen molar-refractivity contribution in [1.29, 1.82) is 5.26 Å². The molecule has 2 nitrogen and oxygen atoms in total. The van der Waals surface area contributed by atoms with Crippen molar-refractivity contribution in [2.75, 3.05) is 6.61 Å². The Hall–Kier alpha value is -2.48. The van der Waals surface area contributed by atoms with Crippen molar-refractivity contribution in [3.05, 3.63) is 53.1 Å². The highest BCUT2D eigenvalue weighted by Crippen LogP contribution is 2.43. The molecule has 0 atom stereocenters. The first-order valence-electron chi connectivity index (χ1n) is 6.87. The van der Waals surface area contributed by atoms with Crippen molar-refractivity contribution in [2.24, 2.45) is 0 Å². The molecule has 0 saturated carbocycles. The van der Waals surface area contributed by atoms with Gasteiger partial charge in [0, 0.05) is 5.56 Å². The number of fused-ring (bicyclic) bond motifs is 1. The molecule has 0 spiro atoms. The van der Waals surface area contributed by atoms with Crippen LogP contribution in [-0.2, 0) is 12.6 Å². The highest BCUT2D eigenvalue weighted by atomic mass is 19.4. The maximum Gasteiger partial charge on any atom is 0.417 e. The van der Waals surface area contributed by atoms with Crippen LogP contribution in [0.4, 0.5) is 13.2 Å². The van der Waals surface area contributed by atoms with Crippen LogP contribution in [-0.4, -0.2) is 6.61 Å². The van der Waals surface area contributed by atoms with Gasteiger partial charge >= 0.3 is 6.18 Å². The molecule has 5 heteroatoms. The number of benzene rings is 2. The van der Waals surface area contributed by atoms with E-state index in [0.717, 1.165) is 24.5 Å². The number of para-hydroxylation sites is 1. The molecule has 0 aromatic heterocycles. The molecule has 0 radical (unpaired) electrons. The summed E-state index contributed by atoms with van der Waals surface area (Å²) in [4.78, 5) is 0. The number of nitriles is 1. The van der Waals surface area contributed by atoms with E-state index in [4.69, 9.17) is 10.00 Å². The number of halogens is 3. The van der Waals surface area contributed by atoms with Gasteiger partial charge in [-0.05, 0) is 42.2 Å². The fraction of sp³-hybridized carbons (Fsp3) is 0.235. The summed E-state index contributed by atoms with van der Waals surface area (Å²) in [6.07, 6.45) is -2.86. The highest BCUT2D eigenvalue weighted by Gasteiger charge is 2.34. The Morgan fingerprint density at radius 2 is 1.91 bits per heavy atom. The van der Waals surface area contributed by atoms with Gasteiger partial charge in [-0.25, -0.2) is 0 Å². The molecule has 112 valence electrons. The second-order valence-corrected chi connectivity index (χ2v) is 5.12. The van der Waals surface area contributed by atoms with Crippen LogP contribution >= 0.6 is 0 Å². The van der Waals surface area contributed by atoms with Crippen LogP contribution in [0.15, 0.2) is 36.4 Å². The monoisotopic (exact) mass is 303 g/mol. The van der Waals surface area contributed by atoms with Crippen LogP contribution in [0.3, 0.4) is 0 Å². The van der Waals surface area contributed by atoms with Crippen molar-refractivity contribution < 1.29 is 17.9 Å². The van der Waals surface area contributed by atoms with Gasteiger partial charge in [-0.3, -0.25) is 0 Å².